The number of carbonyl (C=O) groups is 1. The maximum absolute atomic E-state index is 11.4. The van der Waals surface area contributed by atoms with Crippen LogP contribution in [0.3, 0.4) is 0 Å². The smallest absolute Gasteiger partial charge is 0.277 e. The highest BCUT2D eigenvalue weighted by Gasteiger charge is 2.29. The molecule has 0 fully saturated rings. The van der Waals surface area contributed by atoms with E-state index in [9.17, 15) is 13.2 Å². The van der Waals surface area contributed by atoms with Crippen molar-refractivity contribution in [2.45, 2.75) is 37.7 Å². The fourth-order valence-corrected chi connectivity index (χ4v) is 3.12. The third-order valence-electron chi connectivity index (χ3n) is 1.87. The Morgan fingerprint density at radius 1 is 1.40 bits per heavy atom. The summed E-state index contributed by atoms with van der Waals surface area (Å²) in [5.74, 6) is 0.283. The molecule has 1 atom stereocenters. The lowest BCUT2D eigenvalue weighted by Crippen LogP contribution is -2.30. The van der Waals surface area contributed by atoms with Gasteiger partial charge in [-0.05, 0) is 24.3 Å². The highest BCUT2D eigenvalue weighted by atomic mass is 32.2. The van der Waals surface area contributed by atoms with Gasteiger partial charge in [-0.15, -0.1) is 0 Å². The largest absolute Gasteiger partial charge is 0.298 e. The molecule has 0 radical (unpaired) electrons. The van der Waals surface area contributed by atoms with Gasteiger partial charge < -0.3 is 0 Å². The van der Waals surface area contributed by atoms with Crippen LogP contribution in [-0.2, 0) is 19.1 Å². The first-order valence-corrected chi connectivity index (χ1v) is 7.24. The van der Waals surface area contributed by atoms with E-state index in [0.29, 0.717) is 17.4 Å². The molecule has 0 amide bonds. The summed E-state index contributed by atoms with van der Waals surface area (Å²) in [4.78, 5) is 11.2. The normalized spacial score (nSPS) is 14.2. The van der Waals surface area contributed by atoms with Gasteiger partial charge in [0.1, 0.15) is 11.0 Å². The second-order valence-electron chi connectivity index (χ2n) is 3.47. The van der Waals surface area contributed by atoms with Crippen molar-refractivity contribution in [2.75, 3.05) is 12.9 Å². The van der Waals surface area contributed by atoms with Crippen molar-refractivity contribution in [1.82, 2.24) is 0 Å². The molecule has 90 valence electrons. The number of hydrogen-bond acceptors (Lipinski definition) is 5. The van der Waals surface area contributed by atoms with Gasteiger partial charge in [0.25, 0.3) is 10.1 Å². The second-order valence-corrected chi connectivity index (χ2v) is 7.04. The van der Waals surface area contributed by atoms with Crippen molar-refractivity contribution in [2.24, 2.45) is 0 Å². The highest BCUT2D eigenvalue weighted by molar-refractivity contribution is 7.99. The minimum atomic E-state index is -3.72. The van der Waals surface area contributed by atoms with Gasteiger partial charge in [-0.25, -0.2) is 0 Å². The third kappa shape index (κ3) is 5.53. The van der Waals surface area contributed by atoms with Crippen molar-refractivity contribution in [1.29, 1.82) is 0 Å². The first-order valence-electron chi connectivity index (χ1n) is 4.72. The summed E-state index contributed by atoms with van der Waals surface area (Å²) in [6, 6.07) is 0. The number of Topliss-reactive ketones (excluding diaryl/α,β-unsaturated/α-hetero) is 1. The molecule has 0 heterocycles. The molecule has 15 heavy (non-hydrogen) atoms. The van der Waals surface area contributed by atoms with Crippen LogP contribution < -0.4 is 0 Å². The summed E-state index contributed by atoms with van der Waals surface area (Å²) in [5.41, 5.74) is 0. The van der Waals surface area contributed by atoms with E-state index in [0.717, 1.165) is 7.11 Å². The zero-order valence-electron chi connectivity index (χ0n) is 9.52. The Balaban J connectivity index is 4.38. The third-order valence-corrected chi connectivity index (χ3v) is 4.73. The lowest BCUT2D eigenvalue weighted by atomic mass is 10.2. The first-order chi connectivity index (χ1) is 6.81. The fourth-order valence-electron chi connectivity index (χ4n) is 1.08. The topological polar surface area (TPSA) is 60.4 Å². The molecule has 0 saturated carbocycles. The molecule has 4 nitrogen and oxygen atoms in total. The Morgan fingerprint density at radius 3 is 2.27 bits per heavy atom. The van der Waals surface area contributed by atoms with Gasteiger partial charge in [-0.3, -0.25) is 8.98 Å². The lowest BCUT2D eigenvalue weighted by Gasteiger charge is -2.13. The van der Waals surface area contributed by atoms with Crippen LogP contribution >= 0.6 is 11.8 Å². The molecule has 1 unspecified atom stereocenters. The quantitative estimate of drug-likeness (QED) is 0.644. The first kappa shape index (κ1) is 14.9. The van der Waals surface area contributed by atoms with Crippen LogP contribution in [-0.4, -0.2) is 37.6 Å². The van der Waals surface area contributed by atoms with E-state index in [1.165, 1.54) is 6.92 Å². The highest BCUT2D eigenvalue weighted by Crippen LogP contribution is 2.16. The number of rotatable bonds is 7. The molecule has 0 aromatic rings. The van der Waals surface area contributed by atoms with Gasteiger partial charge in [0.15, 0.2) is 0 Å². The van der Waals surface area contributed by atoms with Gasteiger partial charge >= 0.3 is 0 Å². The van der Waals surface area contributed by atoms with Crippen LogP contribution in [0, 0.1) is 0 Å². The van der Waals surface area contributed by atoms with E-state index in [4.69, 9.17) is 0 Å². The molecule has 0 saturated heterocycles. The van der Waals surface area contributed by atoms with Gasteiger partial charge in [0, 0.05) is 0 Å². The molecule has 0 aliphatic rings. The predicted molar refractivity (Wildman–Crippen MR) is 62.6 cm³/mol. The van der Waals surface area contributed by atoms with Gasteiger partial charge in [-0.1, -0.05) is 13.8 Å². The Bertz CT molecular complexity index is 295. The van der Waals surface area contributed by atoms with Crippen LogP contribution in [0.25, 0.3) is 0 Å². The van der Waals surface area contributed by atoms with Gasteiger partial charge in [-0.2, -0.15) is 20.2 Å². The van der Waals surface area contributed by atoms with Crippen molar-refractivity contribution in [3.63, 3.8) is 0 Å². The molecule has 0 aliphatic heterocycles. The number of ketones is 1. The Hall–Kier alpha value is -0.0700. The molecule has 0 rings (SSSR count). The van der Waals surface area contributed by atoms with E-state index >= 15 is 0 Å². The molecule has 0 aromatic carbocycles. The second kappa shape index (κ2) is 6.50. The van der Waals surface area contributed by atoms with Gasteiger partial charge in [0.2, 0.25) is 0 Å². The molecule has 6 heteroatoms. The molecule has 0 aliphatic carbocycles. The molecular formula is C9H18O4S2. The monoisotopic (exact) mass is 254 g/mol. The maximum atomic E-state index is 11.4. The summed E-state index contributed by atoms with van der Waals surface area (Å²) in [5, 5.41) is -0.586. The average Bonchev–Trinajstić information content (AvgIpc) is 2.11. The van der Waals surface area contributed by atoms with E-state index in [1.54, 1.807) is 11.8 Å². The summed E-state index contributed by atoms with van der Waals surface area (Å²) in [6.07, 6.45) is 0.314. The van der Waals surface area contributed by atoms with E-state index in [2.05, 4.69) is 4.18 Å². The summed E-state index contributed by atoms with van der Waals surface area (Å²) >= 11 is 1.63. The SMILES string of the molecule is COS(=O)(=O)C(CCSC(C)C)C(C)=O. The zero-order valence-corrected chi connectivity index (χ0v) is 11.2. The summed E-state index contributed by atoms with van der Waals surface area (Å²) in [6.45, 7) is 5.33. The van der Waals surface area contributed by atoms with Gasteiger partial charge in [0.05, 0.1) is 7.11 Å². The van der Waals surface area contributed by atoms with Crippen LogP contribution in [0.5, 0.6) is 0 Å². The average molecular weight is 254 g/mol. The number of carbonyl (C=O) groups excluding carboxylic acids is 1. The molecule has 0 aromatic heterocycles. The number of hydrogen-bond donors (Lipinski definition) is 0. The van der Waals surface area contributed by atoms with Crippen LogP contribution in [0.2, 0.25) is 0 Å². The fraction of sp³-hybridized carbons (Fsp3) is 0.889. The van der Waals surface area contributed by atoms with E-state index in [1.807, 2.05) is 13.8 Å². The predicted octanol–water partition coefficient (Wildman–Crippen LogP) is 1.45. The summed E-state index contributed by atoms with van der Waals surface area (Å²) < 4.78 is 27.1. The molecule has 0 bridgehead atoms. The van der Waals surface area contributed by atoms with Crippen LogP contribution in [0.1, 0.15) is 27.2 Å². The van der Waals surface area contributed by atoms with E-state index in [-0.39, 0.29) is 5.78 Å². The molecular weight excluding hydrogens is 236 g/mol. The Morgan fingerprint density at radius 2 is 1.93 bits per heavy atom. The molecule has 0 N–H and O–H groups in total. The Kier molecular flexibility index (Phi) is 6.47. The van der Waals surface area contributed by atoms with Crippen molar-refractivity contribution < 1.29 is 17.4 Å². The van der Waals surface area contributed by atoms with Crippen molar-refractivity contribution in [3.05, 3.63) is 0 Å². The van der Waals surface area contributed by atoms with Crippen LogP contribution in [0.15, 0.2) is 0 Å². The minimum Gasteiger partial charge on any atom is -0.298 e. The van der Waals surface area contributed by atoms with Crippen LogP contribution in [0.4, 0.5) is 0 Å². The zero-order chi connectivity index (χ0) is 12.1. The minimum absolute atomic E-state index is 0.314. The Labute approximate surface area is 95.9 Å². The standard InChI is InChI=1S/C9H18O4S2/c1-7(2)14-6-5-9(8(3)10)15(11,12)13-4/h7,9H,5-6H2,1-4H3. The van der Waals surface area contributed by atoms with Crippen molar-refractivity contribution in [3.8, 4) is 0 Å². The van der Waals surface area contributed by atoms with E-state index < -0.39 is 15.4 Å². The summed E-state index contributed by atoms with van der Waals surface area (Å²) in [7, 11) is -2.64. The molecule has 0 spiro atoms. The maximum Gasteiger partial charge on any atom is 0.277 e. The van der Waals surface area contributed by atoms with Crippen molar-refractivity contribution >= 4 is 27.7 Å². The lowest BCUT2D eigenvalue weighted by molar-refractivity contribution is -0.116. The number of thioether (sulfide) groups is 1.